The fraction of sp³-hybridized carbons (Fsp3) is 0.538. The highest BCUT2D eigenvalue weighted by molar-refractivity contribution is 7.15. The minimum absolute atomic E-state index is 0.564. The first-order valence-electron chi connectivity index (χ1n) is 6.67. The minimum Gasteiger partial charge on any atom is -0.382 e. The van der Waals surface area contributed by atoms with Crippen LogP contribution in [0.3, 0.4) is 0 Å². The second-order valence-electron chi connectivity index (χ2n) is 4.32. The van der Waals surface area contributed by atoms with Gasteiger partial charge < -0.3 is 15.4 Å². The largest absolute Gasteiger partial charge is 0.382 e. The van der Waals surface area contributed by atoms with Gasteiger partial charge >= 0.3 is 0 Å². The van der Waals surface area contributed by atoms with Gasteiger partial charge in [-0.2, -0.15) is 4.37 Å². The zero-order valence-electron chi connectivity index (χ0n) is 12.0. The first-order chi connectivity index (χ1) is 9.67. The van der Waals surface area contributed by atoms with Gasteiger partial charge in [-0.25, -0.2) is 4.98 Å². The van der Waals surface area contributed by atoms with Gasteiger partial charge in [0.25, 0.3) is 0 Å². The molecule has 0 fully saturated rings. The van der Waals surface area contributed by atoms with Crippen LogP contribution >= 0.6 is 22.9 Å². The molecule has 2 aromatic rings. The van der Waals surface area contributed by atoms with Crippen molar-refractivity contribution in [1.82, 2.24) is 9.36 Å². The van der Waals surface area contributed by atoms with E-state index in [4.69, 9.17) is 10.5 Å². The molecule has 0 bridgehead atoms. The van der Waals surface area contributed by atoms with Gasteiger partial charge in [0.15, 0.2) is 0 Å². The topological polar surface area (TPSA) is 64.3 Å². The lowest BCUT2D eigenvalue weighted by Crippen LogP contribution is -2.26. The predicted octanol–water partition coefficient (Wildman–Crippen LogP) is 3.02. The molecule has 2 N–H and O–H groups in total. The lowest BCUT2D eigenvalue weighted by molar-refractivity contribution is 0.154. The van der Waals surface area contributed by atoms with Gasteiger partial charge in [0.2, 0.25) is 0 Å². The van der Waals surface area contributed by atoms with E-state index in [0.29, 0.717) is 12.4 Å². The van der Waals surface area contributed by atoms with Crippen LogP contribution in [0, 0.1) is 6.92 Å². The number of likely N-dealkylation sites (N-methyl/N-ethyl adjacent to an activating group) is 1. The van der Waals surface area contributed by atoms with Crippen molar-refractivity contribution in [2.45, 2.75) is 20.8 Å². The summed E-state index contributed by atoms with van der Waals surface area (Å²) in [6, 6.07) is 0. The Morgan fingerprint density at radius 2 is 2.20 bits per heavy atom. The molecule has 0 saturated carbocycles. The first kappa shape index (κ1) is 15.2. The highest BCUT2D eigenvalue weighted by atomic mass is 32.1. The fourth-order valence-corrected chi connectivity index (χ4v) is 3.72. The van der Waals surface area contributed by atoms with Crippen molar-refractivity contribution in [3.63, 3.8) is 0 Å². The van der Waals surface area contributed by atoms with Gasteiger partial charge in [0.1, 0.15) is 15.8 Å². The summed E-state index contributed by atoms with van der Waals surface area (Å²) >= 11 is 3.04. The lowest BCUT2D eigenvalue weighted by atomic mass is 10.3. The van der Waals surface area contributed by atoms with Crippen molar-refractivity contribution in [3.05, 3.63) is 11.1 Å². The van der Waals surface area contributed by atoms with Gasteiger partial charge in [-0.05, 0) is 32.3 Å². The summed E-state index contributed by atoms with van der Waals surface area (Å²) < 4.78 is 9.75. The molecule has 0 amide bonds. The van der Waals surface area contributed by atoms with Crippen molar-refractivity contribution >= 4 is 33.7 Å². The Kier molecular flexibility index (Phi) is 5.33. The van der Waals surface area contributed by atoms with Gasteiger partial charge in [-0.1, -0.05) is 0 Å². The minimum atomic E-state index is 0.564. The molecule has 20 heavy (non-hydrogen) atoms. The summed E-state index contributed by atoms with van der Waals surface area (Å²) in [5.74, 6) is 0.564. The molecule has 7 heteroatoms. The van der Waals surface area contributed by atoms with E-state index >= 15 is 0 Å². The maximum atomic E-state index is 6.04. The van der Waals surface area contributed by atoms with Crippen LogP contribution < -0.4 is 10.6 Å². The quantitative estimate of drug-likeness (QED) is 0.796. The number of nitrogens with zero attached hydrogens (tertiary/aromatic N) is 3. The Bertz CT molecular complexity index is 552. The predicted molar refractivity (Wildman–Crippen MR) is 86.8 cm³/mol. The Morgan fingerprint density at radius 1 is 1.40 bits per heavy atom. The zero-order chi connectivity index (χ0) is 14.5. The molecule has 110 valence electrons. The average Bonchev–Trinajstić information content (AvgIpc) is 3.01. The number of rotatable bonds is 7. The van der Waals surface area contributed by atoms with Crippen molar-refractivity contribution in [2.75, 3.05) is 36.9 Å². The SMILES string of the molecule is CCOCCN(CC)c1snc(N)c1-c1nc(C)cs1. The van der Waals surface area contributed by atoms with Crippen molar-refractivity contribution < 1.29 is 4.74 Å². The van der Waals surface area contributed by atoms with E-state index in [0.717, 1.165) is 41.0 Å². The third-order valence-corrected chi connectivity index (χ3v) is 4.81. The summed E-state index contributed by atoms with van der Waals surface area (Å²) in [5.41, 5.74) is 8.02. The maximum absolute atomic E-state index is 6.04. The molecule has 2 aromatic heterocycles. The number of nitrogen functional groups attached to an aromatic ring is 1. The van der Waals surface area contributed by atoms with Crippen LogP contribution in [0.25, 0.3) is 10.6 Å². The molecule has 2 heterocycles. The van der Waals surface area contributed by atoms with Crippen LogP contribution in [0.15, 0.2) is 5.38 Å². The van der Waals surface area contributed by atoms with E-state index in [1.165, 1.54) is 11.5 Å². The van der Waals surface area contributed by atoms with Gasteiger partial charge in [-0.15, -0.1) is 11.3 Å². The maximum Gasteiger partial charge on any atom is 0.149 e. The molecule has 0 radical (unpaired) electrons. The third-order valence-electron chi connectivity index (χ3n) is 2.91. The molecule has 2 rings (SSSR count). The fourth-order valence-electron chi connectivity index (χ4n) is 1.90. The van der Waals surface area contributed by atoms with Crippen LogP contribution in [-0.2, 0) is 4.74 Å². The molecule has 0 spiro atoms. The van der Waals surface area contributed by atoms with Crippen molar-refractivity contribution in [2.24, 2.45) is 0 Å². The van der Waals surface area contributed by atoms with Crippen LogP contribution in [0.2, 0.25) is 0 Å². The highest BCUT2D eigenvalue weighted by Gasteiger charge is 2.20. The molecule has 0 aliphatic carbocycles. The Morgan fingerprint density at radius 3 is 2.80 bits per heavy atom. The zero-order valence-corrected chi connectivity index (χ0v) is 13.7. The van der Waals surface area contributed by atoms with E-state index in [1.807, 2.05) is 19.2 Å². The summed E-state index contributed by atoms with van der Waals surface area (Å²) in [6.45, 7) is 9.29. The standard InChI is InChI=1S/C13H20N4OS2/c1-4-17(6-7-18-5-2)13-10(11(14)16-20-13)12-15-9(3)8-19-12/h8H,4-7H2,1-3H3,(H2,14,16). The molecule has 5 nitrogen and oxygen atoms in total. The molecule has 0 unspecified atom stereocenters. The Hall–Kier alpha value is -1.18. The van der Waals surface area contributed by atoms with E-state index in [2.05, 4.69) is 21.2 Å². The van der Waals surface area contributed by atoms with E-state index in [1.54, 1.807) is 11.3 Å². The number of hydrogen-bond donors (Lipinski definition) is 1. The van der Waals surface area contributed by atoms with Crippen LogP contribution in [0.5, 0.6) is 0 Å². The molecule has 0 atom stereocenters. The first-order valence-corrected chi connectivity index (χ1v) is 8.33. The van der Waals surface area contributed by atoms with E-state index in [9.17, 15) is 0 Å². The third kappa shape index (κ3) is 3.28. The highest BCUT2D eigenvalue weighted by Crippen LogP contribution is 2.40. The number of thiazole rings is 1. The summed E-state index contributed by atoms with van der Waals surface area (Å²) in [5, 5.41) is 4.06. The van der Waals surface area contributed by atoms with E-state index in [-0.39, 0.29) is 0 Å². The summed E-state index contributed by atoms with van der Waals surface area (Å²) in [7, 11) is 0. The monoisotopic (exact) mass is 312 g/mol. The van der Waals surface area contributed by atoms with Crippen LogP contribution in [0.4, 0.5) is 10.8 Å². The Balaban J connectivity index is 2.27. The van der Waals surface area contributed by atoms with E-state index < -0.39 is 0 Å². The summed E-state index contributed by atoms with van der Waals surface area (Å²) in [6.07, 6.45) is 0. The molecular weight excluding hydrogens is 292 g/mol. The molecule has 0 aromatic carbocycles. The second-order valence-corrected chi connectivity index (χ2v) is 5.93. The number of ether oxygens (including phenoxy) is 1. The summed E-state index contributed by atoms with van der Waals surface area (Å²) in [4.78, 5) is 6.78. The number of nitrogens with two attached hydrogens (primary N) is 1. The van der Waals surface area contributed by atoms with Crippen molar-refractivity contribution in [3.8, 4) is 10.6 Å². The molecular formula is C13H20N4OS2. The average molecular weight is 312 g/mol. The molecule has 0 saturated heterocycles. The number of anilines is 2. The lowest BCUT2D eigenvalue weighted by Gasteiger charge is -2.21. The van der Waals surface area contributed by atoms with Crippen LogP contribution in [0.1, 0.15) is 19.5 Å². The van der Waals surface area contributed by atoms with Crippen molar-refractivity contribution in [1.29, 1.82) is 0 Å². The Labute approximate surface area is 127 Å². The number of aryl methyl sites for hydroxylation is 1. The second kappa shape index (κ2) is 7.01. The van der Waals surface area contributed by atoms with Gasteiger partial charge in [0.05, 0.1) is 12.2 Å². The number of hydrogen-bond acceptors (Lipinski definition) is 7. The molecule has 0 aliphatic heterocycles. The van der Waals surface area contributed by atoms with Crippen LogP contribution in [-0.4, -0.2) is 35.7 Å². The van der Waals surface area contributed by atoms with Gasteiger partial charge in [0, 0.05) is 30.8 Å². The van der Waals surface area contributed by atoms with Gasteiger partial charge in [-0.3, -0.25) is 0 Å². The number of aromatic nitrogens is 2. The molecule has 0 aliphatic rings. The normalized spacial score (nSPS) is 10.9. The smallest absolute Gasteiger partial charge is 0.149 e.